The highest BCUT2D eigenvalue weighted by Gasteiger charge is 2.35. The van der Waals surface area contributed by atoms with Crippen LogP contribution in [0.1, 0.15) is 26.2 Å². The Morgan fingerprint density at radius 2 is 2.00 bits per heavy atom. The number of amides is 2. The molecule has 1 aromatic heterocycles. The highest BCUT2D eigenvalue weighted by Crippen LogP contribution is 2.33. The third-order valence-electron chi connectivity index (χ3n) is 4.97. The molecule has 132 valence electrons. The molecule has 1 saturated heterocycles. The van der Waals surface area contributed by atoms with Gasteiger partial charge in [0.2, 0.25) is 0 Å². The molecule has 2 aromatic rings. The van der Waals surface area contributed by atoms with Crippen LogP contribution in [0.3, 0.4) is 0 Å². The van der Waals surface area contributed by atoms with E-state index in [2.05, 4.69) is 22.2 Å². The SMILES string of the molecule is CCC1(CO)CCCN(C(=O)Nc2cnc(-c3ccccc3)nc2)C1. The number of nitrogens with one attached hydrogen (secondary N) is 1. The number of carbonyl (C=O) groups excluding carboxylic acids is 1. The largest absolute Gasteiger partial charge is 0.396 e. The van der Waals surface area contributed by atoms with Crippen molar-refractivity contribution in [1.29, 1.82) is 0 Å². The van der Waals surface area contributed by atoms with Crippen LogP contribution >= 0.6 is 0 Å². The summed E-state index contributed by atoms with van der Waals surface area (Å²) in [5, 5.41) is 12.5. The monoisotopic (exact) mass is 340 g/mol. The summed E-state index contributed by atoms with van der Waals surface area (Å²) in [6, 6.07) is 9.54. The quantitative estimate of drug-likeness (QED) is 0.896. The molecule has 3 rings (SSSR count). The molecule has 0 radical (unpaired) electrons. The molecule has 2 heterocycles. The van der Waals surface area contributed by atoms with Crippen LogP contribution in [0.25, 0.3) is 11.4 Å². The second kappa shape index (κ2) is 7.61. The van der Waals surface area contributed by atoms with Crippen molar-refractivity contribution in [2.24, 2.45) is 5.41 Å². The standard InChI is InChI=1S/C19H24N4O2/c1-2-19(14-24)9-6-10-23(13-19)18(25)22-16-11-20-17(21-12-16)15-7-4-3-5-8-15/h3-5,7-8,11-12,24H,2,6,9-10,13-14H2,1H3,(H,22,25). The van der Waals surface area contributed by atoms with Gasteiger partial charge in [-0.15, -0.1) is 0 Å². The molecule has 6 nitrogen and oxygen atoms in total. The van der Waals surface area contributed by atoms with Crippen molar-refractivity contribution in [2.45, 2.75) is 26.2 Å². The van der Waals surface area contributed by atoms with Gasteiger partial charge in [0.25, 0.3) is 0 Å². The summed E-state index contributed by atoms with van der Waals surface area (Å²) in [5.74, 6) is 0.627. The van der Waals surface area contributed by atoms with Crippen LogP contribution in [0.2, 0.25) is 0 Å². The van der Waals surface area contributed by atoms with Gasteiger partial charge in [0.05, 0.1) is 24.7 Å². The summed E-state index contributed by atoms with van der Waals surface area (Å²) in [7, 11) is 0. The first-order valence-electron chi connectivity index (χ1n) is 8.70. The lowest BCUT2D eigenvalue weighted by Gasteiger charge is -2.41. The highest BCUT2D eigenvalue weighted by molar-refractivity contribution is 5.89. The second-order valence-corrected chi connectivity index (χ2v) is 6.63. The summed E-state index contributed by atoms with van der Waals surface area (Å²) in [5.41, 5.74) is 1.33. The third kappa shape index (κ3) is 3.96. The zero-order chi connectivity index (χ0) is 17.7. The number of aromatic nitrogens is 2. The van der Waals surface area contributed by atoms with Crippen LogP contribution in [-0.4, -0.2) is 45.7 Å². The zero-order valence-electron chi connectivity index (χ0n) is 14.5. The fraction of sp³-hybridized carbons (Fsp3) is 0.421. The van der Waals surface area contributed by atoms with E-state index in [1.165, 1.54) is 0 Å². The van der Waals surface area contributed by atoms with E-state index in [-0.39, 0.29) is 18.1 Å². The molecular formula is C19H24N4O2. The molecule has 1 atom stereocenters. The second-order valence-electron chi connectivity index (χ2n) is 6.63. The minimum Gasteiger partial charge on any atom is -0.396 e. The lowest BCUT2D eigenvalue weighted by Crippen LogP contribution is -2.49. The Morgan fingerprint density at radius 3 is 2.64 bits per heavy atom. The molecule has 1 unspecified atom stereocenters. The normalized spacial score (nSPS) is 20.3. The first kappa shape index (κ1) is 17.4. The number of urea groups is 1. The van der Waals surface area contributed by atoms with Crippen LogP contribution < -0.4 is 5.32 Å². The topological polar surface area (TPSA) is 78.4 Å². The molecule has 0 aliphatic carbocycles. The van der Waals surface area contributed by atoms with E-state index in [0.717, 1.165) is 24.8 Å². The zero-order valence-corrected chi connectivity index (χ0v) is 14.5. The van der Waals surface area contributed by atoms with Crippen molar-refractivity contribution in [2.75, 3.05) is 25.0 Å². The van der Waals surface area contributed by atoms with Gasteiger partial charge in [-0.2, -0.15) is 0 Å². The summed E-state index contributed by atoms with van der Waals surface area (Å²) in [6.07, 6.45) is 5.97. The van der Waals surface area contributed by atoms with Gasteiger partial charge in [-0.05, 0) is 19.3 Å². The first-order valence-corrected chi connectivity index (χ1v) is 8.70. The molecule has 6 heteroatoms. The number of likely N-dealkylation sites (tertiary alicyclic amines) is 1. The van der Waals surface area contributed by atoms with Gasteiger partial charge in [0.15, 0.2) is 5.82 Å². The fourth-order valence-electron chi connectivity index (χ4n) is 3.24. The molecule has 1 fully saturated rings. The van der Waals surface area contributed by atoms with Gasteiger partial charge in [-0.25, -0.2) is 14.8 Å². The minimum absolute atomic E-state index is 0.113. The van der Waals surface area contributed by atoms with Gasteiger partial charge >= 0.3 is 6.03 Å². The first-order chi connectivity index (χ1) is 12.2. The van der Waals surface area contributed by atoms with Gasteiger partial charge in [0.1, 0.15) is 0 Å². The number of benzene rings is 1. The maximum absolute atomic E-state index is 12.5. The predicted octanol–water partition coefficient (Wildman–Crippen LogP) is 3.16. The lowest BCUT2D eigenvalue weighted by atomic mass is 9.78. The van der Waals surface area contributed by atoms with E-state index >= 15 is 0 Å². The molecular weight excluding hydrogens is 316 g/mol. The fourth-order valence-corrected chi connectivity index (χ4v) is 3.24. The van der Waals surface area contributed by atoms with Crippen molar-refractivity contribution in [1.82, 2.24) is 14.9 Å². The van der Waals surface area contributed by atoms with Crippen LogP contribution in [0.4, 0.5) is 10.5 Å². The summed E-state index contributed by atoms with van der Waals surface area (Å²) in [6.45, 7) is 3.46. The van der Waals surface area contributed by atoms with E-state index in [0.29, 0.717) is 24.6 Å². The number of anilines is 1. The Balaban J connectivity index is 1.65. The van der Waals surface area contributed by atoms with Gasteiger partial charge in [-0.3, -0.25) is 0 Å². The summed E-state index contributed by atoms with van der Waals surface area (Å²) in [4.78, 5) is 22.9. The Kier molecular flexibility index (Phi) is 5.28. The molecule has 2 N–H and O–H groups in total. The van der Waals surface area contributed by atoms with Gasteiger partial charge in [-0.1, -0.05) is 37.3 Å². The van der Waals surface area contributed by atoms with E-state index in [9.17, 15) is 9.90 Å². The average molecular weight is 340 g/mol. The Bertz CT molecular complexity index is 699. The van der Waals surface area contributed by atoms with E-state index in [4.69, 9.17) is 0 Å². The molecule has 1 aromatic carbocycles. The highest BCUT2D eigenvalue weighted by atomic mass is 16.3. The number of rotatable bonds is 4. The predicted molar refractivity (Wildman–Crippen MR) is 97.1 cm³/mol. The van der Waals surface area contributed by atoms with Crippen molar-refractivity contribution in [3.8, 4) is 11.4 Å². The number of aliphatic hydroxyl groups is 1. The maximum atomic E-state index is 12.5. The number of aliphatic hydroxyl groups excluding tert-OH is 1. The number of hydrogen-bond donors (Lipinski definition) is 2. The smallest absolute Gasteiger partial charge is 0.321 e. The summed E-state index contributed by atoms with van der Waals surface area (Å²) >= 11 is 0. The molecule has 25 heavy (non-hydrogen) atoms. The van der Waals surface area contributed by atoms with Crippen LogP contribution in [0.5, 0.6) is 0 Å². The van der Waals surface area contributed by atoms with E-state index in [1.54, 1.807) is 17.3 Å². The third-order valence-corrected chi connectivity index (χ3v) is 4.97. The number of nitrogens with zero attached hydrogens (tertiary/aromatic N) is 3. The van der Waals surface area contributed by atoms with Crippen LogP contribution in [0.15, 0.2) is 42.7 Å². The van der Waals surface area contributed by atoms with Crippen LogP contribution in [0, 0.1) is 5.41 Å². The van der Waals surface area contributed by atoms with Crippen molar-refractivity contribution < 1.29 is 9.90 Å². The van der Waals surface area contributed by atoms with E-state index < -0.39 is 0 Å². The average Bonchev–Trinajstić information content (AvgIpc) is 2.69. The summed E-state index contributed by atoms with van der Waals surface area (Å²) < 4.78 is 0. The Morgan fingerprint density at radius 1 is 1.28 bits per heavy atom. The number of carbonyl (C=O) groups is 1. The van der Waals surface area contributed by atoms with Crippen molar-refractivity contribution in [3.63, 3.8) is 0 Å². The molecule has 2 amide bonds. The molecule has 1 aliphatic rings. The van der Waals surface area contributed by atoms with Crippen molar-refractivity contribution in [3.05, 3.63) is 42.7 Å². The number of hydrogen-bond acceptors (Lipinski definition) is 4. The van der Waals surface area contributed by atoms with Gasteiger partial charge in [0, 0.05) is 24.1 Å². The van der Waals surface area contributed by atoms with E-state index in [1.807, 2.05) is 30.3 Å². The molecule has 0 spiro atoms. The maximum Gasteiger partial charge on any atom is 0.321 e. The van der Waals surface area contributed by atoms with Crippen molar-refractivity contribution >= 4 is 11.7 Å². The van der Waals surface area contributed by atoms with Gasteiger partial charge < -0.3 is 15.3 Å². The minimum atomic E-state index is -0.177. The Labute approximate surface area is 147 Å². The van der Waals surface area contributed by atoms with Crippen LogP contribution in [-0.2, 0) is 0 Å². The lowest BCUT2D eigenvalue weighted by molar-refractivity contribution is 0.0468. The molecule has 0 saturated carbocycles. The number of piperidine rings is 1. The Hall–Kier alpha value is -2.47. The molecule has 1 aliphatic heterocycles. The molecule has 0 bridgehead atoms.